The lowest BCUT2D eigenvalue weighted by molar-refractivity contribution is -0.645. The molecule has 0 amide bonds. The van der Waals surface area contributed by atoms with Crippen molar-refractivity contribution in [1.29, 1.82) is 5.26 Å². The monoisotopic (exact) mass is 247 g/mol. The summed E-state index contributed by atoms with van der Waals surface area (Å²) < 4.78 is 0.803. The first-order valence-corrected chi connectivity index (χ1v) is 5.86. The maximum Gasteiger partial charge on any atom is 0.251 e. The van der Waals surface area contributed by atoms with Crippen LogP contribution in [-0.2, 0) is 12.2 Å². The predicted octanol–water partition coefficient (Wildman–Crippen LogP) is 0.796. The molecule has 0 fully saturated rings. The number of aromatic nitrogens is 4. The van der Waals surface area contributed by atoms with Crippen molar-refractivity contribution in [3.05, 3.63) is 41.3 Å². The molecule has 0 aromatic carbocycles. The van der Waals surface area contributed by atoms with Gasteiger partial charge in [-0.15, -0.1) is 0 Å². The van der Waals surface area contributed by atoms with Gasteiger partial charge in [-0.1, -0.05) is 0 Å². The summed E-state index contributed by atoms with van der Waals surface area (Å²) in [7, 11) is 0. The maximum atomic E-state index is 11.4. The van der Waals surface area contributed by atoms with E-state index >= 15 is 0 Å². The number of hydrogen-bond donors (Lipinski definition) is 1. The maximum absolute atomic E-state index is 11.4. The summed E-state index contributed by atoms with van der Waals surface area (Å²) in [6.45, 7) is 0. The Kier molecular flexibility index (Phi) is 3.57. The average molecular weight is 247 g/mol. The van der Waals surface area contributed by atoms with Crippen molar-refractivity contribution in [2.24, 2.45) is 0 Å². The molecule has 2 heterocycles. The van der Waals surface area contributed by atoms with E-state index in [0.29, 0.717) is 22.4 Å². The fourth-order valence-electron chi connectivity index (χ4n) is 1.22. The zero-order valence-corrected chi connectivity index (χ0v) is 9.65. The zero-order valence-electron chi connectivity index (χ0n) is 8.83. The van der Waals surface area contributed by atoms with Crippen molar-refractivity contribution in [1.82, 2.24) is 15.2 Å². The number of nitrogens with zero attached hydrogens (tertiary/aromatic N) is 4. The molecule has 6 nitrogen and oxygen atoms in total. The number of thioether (sulfide) groups is 1. The third kappa shape index (κ3) is 2.95. The summed E-state index contributed by atoms with van der Waals surface area (Å²) in [4.78, 5) is 4.12. The van der Waals surface area contributed by atoms with Crippen molar-refractivity contribution >= 4 is 11.8 Å². The summed E-state index contributed by atoms with van der Waals surface area (Å²) in [5.41, 5.74) is 0. The van der Waals surface area contributed by atoms with Gasteiger partial charge < -0.3 is 5.21 Å². The van der Waals surface area contributed by atoms with Crippen LogP contribution in [0, 0.1) is 16.5 Å². The quantitative estimate of drug-likeness (QED) is 0.490. The summed E-state index contributed by atoms with van der Waals surface area (Å²) in [5.74, 6) is 1.65. The van der Waals surface area contributed by atoms with Crippen LogP contribution in [0.1, 0.15) is 11.6 Å². The number of nitrogens with one attached hydrogen (secondary N) is 1. The fraction of sp³-hybridized carbons (Fsp3) is 0.200. The summed E-state index contributed by atoms with van der Waals surface area (Å²) >= 11 is 1.37. The number of H-pyrrole nitrogens is 1. The van der Waals surface area contributed by atoms with Gasteiger partial charge in [0.1, 0.15) is 5.82 Å². The Labute approximate surface area is 102 Å². The molecule has 7 heteroatoms. The minimum atomic E-state index is 0.189. The molecule has 0 atom stereocenters. The minimum absolute atomic E-state index is 0.189. The van der Waals surface area contributed by atoms with Gasteiger partial charge in [0, 0.05) is 12.1 Å². The van der Waals surface area contributed by atoms with Gasteiger partial charge in [0.2, 0.25) is 0 Å². The highest BCUT2D eigenvalue weighted by Crippen LogP contribution is 2.16. The van der Waals surface area contributed by atoms with Gasteiger partial charge in [-0.3, -0.25) is 5.10 Å². The topological polar surface area (TPSA) is 92.3 Å². The van der Waals surface area contributed by atoms with E-state index in [-0.39, 0.29) is 6.42 Å². The largest absolute Gasteiger partial charge is 0.618 e. The lowest BCUT2D eigenvalue weighted by Crippen LogP contribution is -2.27. The number of nitriles is 1. The van der Waals surface area contributed by atoms with Gasteiger partial charge in [0.25, 0.3) is 5.03 Å². The van der Waals surface area contributed by atoms with Crippen LogP contribution in [0.5, 0.6) is 0 Å². The van der Waals surface area contributed by atoms with E-state index in [9.17, 15) is 5.21 Å². The Morgan fingerprint density at radius 3 is 3.18 bits per heavy atom. The Morgan fingerprint density at radius 1 is 1.53 bits per heavy atom. The van der Waals surface area contributed by atoms with Gasteiger partial charge in [0.15, 0.2) is 12.0 Å². The molecule has 0 saturated heterocycles. The van der Waals surface area contributed by atoms with E-state index in [1.165, 1.54) is 18.0 Å². The zero-order chi connectivity index (χ0) is 12.1. The van der Waals surface area contributed by atoms with Crippen LogP contribution in [0.25, 0.3) is 0 Å². The summed E-state index contributed by atoms with van der Waals surface area (Å²) in [5, 5.41) is 27.1. The molecule has 17 heavy (non-hydrogen) atoms. The van der Waals surface area contributed by atoms with Gasteiger partial charge in [-0.25, -0.2) is 4.98 Å². The first kappa shape index (κ1) is 11.4. The standard InChI is InChI=1S/C10H9N5OS/c11-5-4-8-12-9(14-13-8)7-17-10-3-1-2-6-15(10)16/h1-3,6H,4,7H2,(H,12,13,14). The van der Waals surface area contributed by atoms with E-state index < -0.39 is 0 Å². The van der Waals surface area contributed by atoms with Crippen molar-refractivity contribution in [2.45, 2.75) is 17.2 Å². The highest BCUT2D eigenvalue weighted by Gasteiger charge is 2.08. The third-order valence-corrected chi connectivity index (χ3v) is 2.99. The molecular weight excluding hydrogens is 238 g/mol. The lowest BCUT2D eigenvalue weighted by Gasteiger charge is -2.00. The Bertz CT molecular complexity index is 548. The Balaban J connectivity index is 1.98. The Hall–Kier alpha value is -2.07. The molecule has 0 spiro atoms. The minimum Gasteiger partial charge on any atom is -0.618 e. The molecular formula is C10H9N5OS. The molecule has 1 N–H and O–H groups in total. The molecule has 0 bridgehead atoms. The van der Waals surface area contributed by atoms with Crippen LogP contribution in [0.4, 0.5) is 0 Å². The molecule has 2 aromatic heterocycles. The van der Waals surface area contributed by atoms with Crippen molar-refractivity contribution in [2.75, 3.05) is 0 Å². The van der Waals surface area contributed by atoms with E-state index in [0.717, 1.165) is 4.73 Å². The molecule has 2 rings (SSSR count). The van der Waals surface area contributed by atoms with Gasteiger partial charge >= 0.3 is 0 Å². The van der Waals surface area contributed by atoms with Crippen LogP contribution in [-0.4, -0.2) is 15.2 Å². The highest BCUT2D eigenvalue weighted by molar-refractivity contribution is 7.98. The lowest BCUT2D eigenvalue weighted by atomic mass is 10.5. The van der Waals surface area contributed by atoms with Crippen LogP contribution in [0.2, 0.25) is 0 Å². The van der Waals surface area contributed by atoms with E-state index in [4.69, 9.17) is 5.26 Å². The van der Waals surface area contributed by atoms with Crippen LogP contribution >= 0.6 is 11.8 Å². The molecule has 0 aliphatic heterocycles. The summed E-state index contributed by atoms with van der Waals surface area (Å²) in [6.07, 6.45) is 1.64. The van der Waals surface area contributed by atoms with E-state index in [1.807, 2.05) is 6.07 Å². The normalized spacial score (nSPS) is 10.1. The van der Waals surface area contributed by atoms with Crippen molar-refractivity contribution in [3.63, 3.8) is 0 Å². The molecule has 0 saturated carbocycles. The average Bonchev–Trinajstić information content (AvgIpc) is 2.76. The van der Waals surface area contributed by atoms with Crippen molar-refractivity contribution in [3.8, 4) is 6.07 Å². The van der Waals surface area contributed by atoms with Gasteiger partial charge in [0.05, 0.1) is 18.2 Å². The molecule has 2 aromatic rings. The first-order chi connectivity index (χ1) is 8.29. The third-order valence-electron chi connectivity index (χ3n) is 1.96. The number of rotatable bonds is 4. The molecule has 0 aliphatic rings. The van der Waals surface area contributed by atoms with Crippen molar-refractivity contribution < 1.29 is 4.73 Å². The number of aromatic amines is 1. The molecule has 0 aliphatic carbocycles. The second-order valence-electron chi connectivity index (χ2n) is 3.19. The van der Waals surface area contributed by atoms with Gasteiger partial charge in [-0.2, -0.15) is 15.1 Å². The van der Waals surface area contributed by atoms with Crippen LogP contribution < -0.4 is 4.73 Å². The SMILES string of the molecule is N#CCc1n[nH]c(CSc2cccc[n+]2[O-])n1. The van der Waals surface area contributed by atoms with E-state index in [1.54, 1.807) is 18.2 Å². The fourth-order valence-corrected chi connectivity index (χ4v) is 1.99. The number of hydrogen-bond acceptors (Lipinski definition) is 5. The first-order valence-electron chi connectivity index (χ1n) is 4.87. The summed E-state index contributed by atoms with van der Waals surface area (Å²) in [6, 6.07) is 7.20. The van der Waals surface area contributed by atoms with Crippen LogP contribution in [0.15, 0.2) is 29.4 Å². The second kappa shape index (κ2) is 5.32. The van der Waals surface area contributed by atoms with E-state index in [2.05, 4.69) is 15.2 Å². The molecule has 0 unspecified atom stereocenters. The molecule has 86 valence electrons. The predicted molar refractivity (Wildman–Crippen MR) is 60.7 cm³/mol. The number of pyridine rings is 1. The smallest absolute Gasteiger partial charge is 0.251 e. The highest BCUT2D eigenvalue weighted by atomic mass is 32.2. The second-order valence-corrected chi connectivity index (χ2v) is 4.18. The van der Waals surface area contributed by atoms with Crippen LogP contribution in [0.3, 0.4) is 0 Å². The van der Waals surface area contributed by atoms with Gasteiger partial charge in [-0.05, 0) is 17.8 Å². The Morgan fingerprint density at radius 2 is 2.41 bits per heavy atom. The molecule has 0 radical (unpaired) electrons.